The first kappa shape index (κ1) is 17.2. The minimum Gasteiger partial charge on any atom is -0.368 e. The number of thiazole rings is 1. The van der Waals surface area contributed by atoms with Crippen molar-refractivity contribution in [3.8, 4) is 11.4 Å². The van der Waals surface area contributed by atoms with Crippen molar-refractivity contribution < 1.29 is 4.39 Å². The predicted molar refractivity (Wildman–Crippen MR) is 107 cm³/mol. The second-order valence-electron chi connectivity index (χ2n) is 6.85. The molecule has 0 unspecified atom stereocenters. The van der Waals surface area contributed by atoms with Crippen LogP contribution in [0.4, 0.5) is 10.2 Å². The van der Waals surface area contributed by atoms with E-state index in [0.717, 1.165) is 19.4 Å². The van der Waals surface area contributed by atoms with Gasteiger partial charge in [-0.05, 0) is 49.9 Å². The average Bonchev–Trinajstić information content (AvgIpc) is 3.32. The van der Waals surface area contributed by atoms with E-state index >= 15 is 0 Å². The minimum atomic E-state index is -0.343. The molecule has 1 N–H and O–H groups in total. The molecular weight excluding hydrogens is 375 g/mol. The van der Waals surface area contributed by atoms with E-state index in [-0.39, 0.29) is 5.82 Å². The highest BCUT2D eigenvalue weighted by Gasteiger charge is 2.15. The van der Waals surface area contributed by atoms with Gasteiger partial charge in [-0.25, -0.2) is 9.37 Å². The van der Waals surface area contributed by atoms with Crippen molar-refractivity contribution in [3.05, 3.63) is 57.8 Å². The Labute approximate surface area is 165 Å². The fourth-order valence-electron chi connectivity index (χ4n) is 3.50. The highest BCUT2D eigenvalue weighted by molar-refractivity contribution is 7.11. The van der Waals surface area contributed by atoms with Gasteiger partial charge in [-0.15, -0.1) is 26.6 Å². The summed E-state index contributed by atoms with van der Waals surface area (Å²) in [6.07, 6.45) is 5.68. The minimum absolute atomic E-state index is 0.343. The second kappa shape index (κ2) is 7.27. The van der Waals surface area contributed by atoms with E-state index in [4.69, 9.17) is 4.98 Å². The summed E-state index contributed by atoms with van der Waals surface area (Å²) in [5, 5.41) is 17.3. The van der Waals surface area contributed by atoms with E-state index < -0.39 is 0 Å². The Balaban J connectivity index is 1.33. The normalized spacial score (nSPS) is 13.6. The number of fused-ring (bicyclic) bond motifs is 2. The molecule has 5 rings (SSSR count). The third-order valence-corrected chi connectivity index (χ3v) is 6.13. The first-order chi connectivity index (χ1) is 13.8. The molecule has 0 spiro atoms. The smallest absolute Gasteiger partial charge is 0.188 e. The molecule has 142 valence electrons. The standard InChI is InChI=1S/C20H19FN6S/c21-14-6-2-1-5-13(14)20-25-24-18-10-9-17(26-27(18)20)22-12-11-19-23-15-7-3-4-8-16(15)28-19/h1-2,5-6,9-10H,3-4,7-8,11-12H2,(H,22,26). The number of aromatic nitrogens is 5. The Morgan fingerprint density at radius 1 is 1.07 bits per heavy atom. The quantitative estimate of drug-likeness (QED) is 0.556. The summed E-state index contributed by atoms with van der Waals surface area (Å²) < 4.78 is 15.7. The van der Waals surface area contributed by atoms with Crippen molar-refractivity contribution in [2.45, 2.75) is 32.1 Å². The largest absolute Gasteiger partial charge is 0.368 e. The van der Waals surface area contributed by atoms with Crippen LogP contribution in [0.3, 0.4) is 0 Å². The lowest BCUT2D eigenvalue weighted by Crippen LogP contribution is -2.08. The molecule has 0 amide bonds. The molecule has 6 nitrogen and oxygen atoms in total. The van der Waals surface area contributed by atoms with Gasteiger partial charge in [-0.2, -0.15) is 4.52 Å². The number of nitrogens with one attached hydrogen (secondary N) is 1. The molecule has 8 heteroatoms. The van der Waals surface area contributed by atoms with Gasteiger partial charge in [-0.1, -0.05) is 12.1 Å². The summed E-state index contributed by atoms with van der Waals surface area (Å²) in [4.78, 5) is 6.24. The zero-order chi connectivity index (χ0) is 18.9. The van der Waals surface area contributed by atoms with Gasteiger partial charge in [-0.3, -0.25) is 0 Å². The van der Waals surface area contributed by atoms with Gasteiger partial charge >= 0.3 is 0 Å². The van der Waals surface area contributed by atoms with Crippen LogP contribution in [0.2, 0.25) is 0 Å². The molecule has 0 saturated heterocycles. The van der Waals surface area contributed by atoms with Gasteiger partial charge in [0.05, 0.1) is 16.3 Å². The molecule has 0 fully saturated rings. The van der Waals surface area contributed by atoms with Crippen LogP contribution in [-0.4, -0.2) is 31.3 Å². The van der Waals surface area contributed by atoms with Crippen molar-refractivity contribution in [2.24, 2.45) is 0 Å². The maximum absolute atomic E-state index is 14.1. The summed E-state index contributed by atoms with van der Waals surface area (Å²) in [5.74, 6) is 0.750. The maximum atomic E-state index is 14.1. The molecule has 0 saturated carbocycles. The molecule has 0 atom stereocenters. The third-order valence-electron chi connectivity index (χ3n) is 4.91. The summed E-state index contributed by atoms with van der Waals surface area (Å²) in [5.41, 5.74) is 2.26. The monoisotopic (exact) mass is 394 g/mol. The SMILES string of the molecule is Fc1ccccc1-c1nnc2ccc(NCCc3nc4c(s3)CCCC4)nn12. The number of hydrogen-bond donors (Lipinski definition) is 1. The lowest BCUT2D eigenvalue weighted by atomic mass is 10.0. The van der Waals surface area contributed by atoms with E-state index in [1.807, 2.05) is 23.5 Å². The van der Waals surface area contributed by atoms with Gasteiger partial charge in [0.2, 0.25) is 0 Å². The van der Waals surface area contributed by atoms with Crippen LogP contribution in [0.25, 0.3) is 17.0 Å². The van der Waals surface area contributed by atoms with Crippen molar-refractivity contribution in [1.29, 1.82) is 0 Å². The number of nitrogens with zero attached hydrogens (tertiary/aromatic N) is 5. The fourth-order valence-corrected chi connectivity index (χ4v) is 4.66. The number of halogens is 1. The van der Waals surface area contributed by atoms with Crippen LogP contribution in [0.15, 0.2) is 36.4 Å². The molecular formula is C20H19FN6S. The molecule has 4 aromatic rings. The Morgan fingerprint density at radius 3 is 2.86 bits per heavy atom. The molecule has 0 bridgehead atoms. The van der Waals surface area contributed by atoms with Crippen molar-refractivity contribution in [3.63, 3.8) is 0 Å². The molecule has 0 aliphatic heterocycles. The average molecular weight is 394 g/mol. The molecule has 1 aromatic carbocycles. The number of benzene rings is 1. The van der Waals surface area contributed by atoms with Gasteiger partial charge in [0, 0.05) is 17.8 Å². The second-order valence-corrected chi connectivity index (χ2v) is 8.02. The lowest BCUT2D eigenvalue weighted by Gasteiger charge is -2.06. The Hall–Kier alpha value is -2.87. The molecule has 1 aliphatic rings. The first-order valence-electron chi connectivity index (χ1n) is 9.46. The number of hydrogen-bond acceptors (Lipinski definition) is 6. The van der Waals surface area contributed by atoms with Crippen LogP contribution >= 0.6 is 11.3 Å². The van der Waals surface area contributed by atoms with Crippen LogP contribution in [0, 0.1) is 5.82 Å². The summed E-state index contributed by atoms with van der Waals surface area (Å²) in [7, 11) is 0. The van der Waals surface area contributed by atoms with Gasteiger partial charge < -0.3 is 5.32 Å². The van der Waals surface area contributed by atoms with E-state index in [1.165, 1.54) is 40.9 Å². The van der Waals surface area contributed by atoms with Crippen LogP contribution < -0.4 is 5.32 Å². The van der Waals surface area contributed by atoms with Gasteiger partial charge in [0.15, 0.2) is 11.5 Å². The first-order valence-corrected chi connectivity index (χ1v) is 10.3. The van der Waals surface area contributed by atoms with Crippen LogP contribution in [0.5, 0.6) is 0 Å². The van der Waals surface area contributed by atoms with Crippen molar-refractivity contribution in [1.82, 2.24) is 24.8 Å². The number of rotatable bonds is 5. The Kier molecular flexibility index (Phi) is 4.48. The summed E-state index contributed by atoms with van der Waals surface area (Å²) in [6, 6.07) is 10.2. The highest BCUT2D eigenvalue weighted by atomic mass is 32.1. The van der Waals surface area contributed by atoms with Crippen molar-refractivity contribution in [2.75, 3.05) is 11.9 Å². The maximum Gasteiger partial charge on any atom is 0.188 e. The topological polar surface area (TPSA) is 68.0 Å². The molecule has 0 radical (unpaired) electrons. The summed E-state index contributed by atoms with van der Waals surface area (Å²) >= 11 is 1.84. The van der Waals surface area contributed by atoms with Crippen LogP contribution in [0.1, 0.15) is 28.4 Å². The molecule has 3 aromatic heterocycles. The van der Waals surface area contributed by atoms with Crippen molar-refractivity contribution >= 4 is 22.8 Å². The molecule has 3 heterocycles. The van der Waals surface area contributed by atoms with E-state index in [2.05, 4.69) is 20.6 Å². The van der Waals surface area contributed by atoms with E-state index in [9.17, 15) is 4.39 Å². The highest BCUT2D eigenvalue weighted by Crippen LogP contribution is 2.27. The Bertz CT molecular complexity index is 1110. The van der Waals surface area contributed by atoms with Crippen LogP contribution in [-0.2, 0) is 19.3 Å². The fraction of sp³-hybridized carbons (Fsp3) is 0.300. The van der Waals surface area contributed by atoms with E-state index in [1.54, 1.807) is 22.7 Å². The van der Waals surface area contributed by atoms with Gasteiger partial charge in [0.1, 0.15) is 11.6 Å². The lowest BCUT2D eigenvalue weighted by molar-refractivity contribution is 0.629. The number of anilines is 1. The zero-order valence-electron chi connectivity index (χ0n) is 15.2. The summed E-state index contributed by atoms with van der Waals surface area (Å²) in [6.45, 7) is 0.738. The predicted octanol–water partition coefficient (Wildman–Crippen LogP) is 3.92. The Morgan fingerprint density at radius 2 is 1.96 bits per heavy atom. The number of aryl methyl sites for hydroxylation is 2. The molecule has 1 aliphatic carbocycles. The molecule has 28 heavy (non-hydrogen) atoms. The zero-order valence-corrected chi connectivity index (χ0v) is 16.0. The third kappa shape index (κ3) is 3.24. The van der Waals surface area contributed by atoms with E-state index in [0.29, 0.717) is 22.9 Å². The van der Waals surface area contributed by atoms with Gasteiger partial charge in [0.25, 0.3) is 0 Å².